The Morgan fingerprint density at radius 1 is 0.926 bits per heavy atom. The summed E-state index contributed by atoms with van der Waals surface area (Å²) < 4.78 is 75.4. The summed E-state index contributed by atoms with van der Waals surface area (Å²) in [6, 6.07) is 9.99. The molecule has 3 nitrogen and oxygen atoms in total. The van der Waals surface area contributed by atoms with Crippen LogP contribution in [0.2, 0.25) is 0 Å². The quantitative estimate of drug-likeness (QED) is 0.630. The molecule has 0 fully saturated rings. The predicted octanol–water partition coefficient (Wildman–Crippen LogP) is 5.28. The van der Waals surface area contributed by atoms with Crippen LogP contribution >= 0.6 is 12.4 Å². The van der Waals surface area contributed by atoms with Crippen LogP contribution in [0.3, 0.4) is 0 Å². The average Bonchev–Trinajstić information content (AvgIpc) is 2.60. The zero-order valence-corrected chi connectivity index (χ0v) is 15.1. The predicted molar refractivity (Wildman–Crippen MR) is 93.6 cm³/mol. The zero-order valence-electron chi connectivity index (χ0n) is 14.3. The Labute approximate surface area is 159 Å². The van der Waals surface area contributed by atoms with Crippen LogP contribution < -0.4 is 15.2 Å². The SMILES string of the molecule is CCOc1cc([C@H](N)C(F)(F)C(F)(F)F)ccc1OCc1ccccc1.Cl. The van der Waals surface area contributed by atoms with Gasteiger partial charge in [-0.15, -0.1) is 12.4 Å². The zero-order chi connectivity index (χ0) is 19.4. The lowest BCUT2D eigenvalue weighted by atomic mass is 10.0. The minimum Gasteiger partial charge on any atom is -0.490 e. The molecule has 0 saturated carbocycles. The maximum absolute atomic E-state index is 13.5. The summed E-state index contributed by atoms with van der Waals surface area (Å²) in [5.74, 6) is -4.79. The first-order valence-electron chi connectivity index (χ1n) is 7.80. The lowest BCUT2D eigenvalue weighted by Gasteiger charge is -2.26. The smallest absolute Gasteiger partial charge is 0.455 e. The Kier molecular flexibility index (Phi) is 7.86. The lowest BCUT2D eigenvalue weighted by molar-refractivity contribution is -0.291. The van der Waals surface area contributed by atoms with Gasteiger partial charge >= 0.3 is 12.1 Å². The van der Waals surface area contributed by atoms with E-state index in [9.17, 15) is 22.0 Å². The Balaban J connectivity index is 0.00000364. The first-order valence-corrected chi connectivity index (χ1v) is 7.80. The minimum absolute atomic E-state index is 0. The highest BCUT2D eigenvalue weighted by Gasteiger charge is 2.61. The number of nitrogens with two attached hydrogens (primary N) is 1. The van der Waals surface area contributed by atoms with E-state index in [-0.39, 0.29) is 37.1 Å². The molecule has 2 aromatic carbocycles. The molecule has 0 spiro atoms. The van der Waals surface area contributed by atoms with Crippen LogP contribution in [0.25, 0.3) is 0 Å². The summed E-state index contributed by atoms with van der Waals surface area (Å²) in [6.45, 7) is 2.01. The van der Waals surface area contributed by atoms with Crippen molar-refractivity contribution in [3.63, 3.8) is 0 Å². The van der Waals surface area contributed by atoms with Gasteiger partial charge in [0.2, 0.25) is 0 Å². The maximum atomic E-state index is 13.5. The average molecular weight is 412 g/mol. The van der Waals surface area contributed by atoms with Gasteiger partial charge in [0, 0.05) is 0 Å². The van der Waals surface area contributed by atoms with Gasteiger partial charge in [0.25, 0.3) is 0 Å². The van der Waals surface area contributed by atoms with Gasteiger partial charge in [-0.25, -0.2) is 0 Å². The van der Waals surface area contributed by atoms with Crippen molar-refractivity contribution >= 4 is 12.4 Å². The Morgan fingerprint density at radius 2 is 1.56 bits per heavy atom. The van der Waals surface area contributed by atoms with Crippen LogP contribution in [-0.2, 0) is 6.61 Å². The number of hydrogen-bond acceptors (Lipinski definition) is 3. The van der Waals surface area contributed by atoms with Crippen molar-refractivity contribution < 1.29 is 31.4 Å². The third-order valence-corrected chi connectivity index (χ3v) is 3.63. The maximum Gasteiger partial charge on any atom is 0.455 e. The van der Waals surface area contributed by atoms with E-state index >= 15 is 0 Å². The number of ether oxygens (including phenoxy) is 2. The van der Waals surface area contributed by atoms with Crippen LogP contribution in [0.15, 0.2) is 48.5 Å². The highest BCUT2D eigenvalue weighted by Crippen LogP contribution is 2.44. The van der Waals surface area contributed by atoms with Crippen molar-refractivity contribution in [1.29, 1.82) is 0 Å². The number of rotatable bonds is 7. The molecule has 0 aliphatic heterocycles. The van der Waals surface area contributed by atoms with Gasteiger partial charge < -0.3 is 15.2 Å². The molecule has 0 bridgehead atoms. The van der Waals surface area contributed by atoms with E-state index in [1.54, 1.807) is 6.92 Å². The van der Waals surface area contributed by atoms with Gasteiger partial charge in [-0.1, -0.05) is 36.4 Å². The molecule has 0 radical (unpaired) electrons. The highest BCUT2D eigenvalue weighted by molar-refractivity contribution is 5.85. The third kappa shape index (κ3) is 5.46. The van der Waals surface area contributed by atoms with Crippen LogP contribution in [0.4, 0.5) is 22.0 Å². The van der Waals surface area contributed by atoms with Crippen molar-refractivity contribution in [3.8, 4) is 11.5 Å². The van der Waals surface area contributed by atoms with Gasteiger partial charge in [-0.3, -0.25) is 0 Å². The van der Waals surface area contributed by atoms with E-state index in [1.807, 2.05) is 30.3 Å². The first-order chi connectivity index (χ1) is 12.2. The number of alkyl halides is 5. The van der Waals surface area contributed by atoms with E-state index in [0.717, 1.165) is 17.7 Å². The van der Waals surface area contributed by atoms with Crippen LogP contribution in [-0.4, -0.2) is 18.7 Å². The molecule has 150 valence electrons. The van der Waals surface area contributed by atoms with Crippen LogP contribution in [0.5, 0.6) is 11.5 Å². The molecular weight excluding hydrogens is 393 g/mol. The summed E-state index contributed by atoms with van der Waals surface area (Å²) in [5.41, 5.74) is 5.63. The summed E-state index contributed by atoms with van der Waals surface area (Å²) in [5, 5.41) is 0. The lowest BCUT2D eigenvalue weighted by Crippen LogP contribution is -2.45. The molecule has 9 heteroatoms. The van der Waals surface area contributed by atoms with Crippen molar-refractivity contribution in [2.45, 2.75) is 31.7 Å². The number of halogens is 6. The van der Waals surface area contributed by atoms with Gasteiger partial charge in [-0.05, 0) is 30.2 Å². The molecule has 2 rings (SSSR count). The normalized spacial score (nSPS) is 12.9. The first kappa shape index (κ1) is 23.0. The molecule has 0 aromatic heterocycles. The fraction of sp³-hybridized carbons (Fsp3) is 0.333. The fourth-order valence-electron chi connectivity index (χ4n) is 2.23. The van der Waals surface area contributed by atoms with E-state index in [4.69, 9.17) is 15.2 Å². The van der Waals surface area contributed by atoms with Crippen LogP contribution in [0, 0.1) is 0 Å². The summed E-state index contributed by atoms with van der Waals surface area (Å²) in [6.07, 6.45) is -5.75. The van der Waals surface area contributed by atoms with Gasteiger partial charge in [-0.2, -0.15) is 22.0 Å². The molecule has 0 unspecified atom stereocenters. The topological polar surface area (TPSA) is 44.5 Å². The van der Waals surface area contributed by atoms with Crippen molar-refractivity contribution in [1.82, 2.24) is 0 Å². The van der Waals surface area contributed by atoms with E-state index in [2.05, 4.69) is 0 Å². The van der Waals surface area contributed by atoms with Crippen molar-refractivity contribution in [2.75, 3.05) is 6.61 Å². The molecule has 0 aliphatic carbocycles. The molecule has 0 heterocycles. The molecule has 2 aromatic rings. The molecule has 0 saturated heterocycles. The standard InChI is InChI=1S/C18H18F5NO2.ClH/c1-2-25-15-10-13(16(24)17(19,20)18(21,22)23)8-9-14(15)26-11-12-6-4-3-5-7-12;/h3-10,16H,2,11,24H2,1H3;1H/t16-;/m0./s1. The molecule has 1 atom stereocenters. The molecule has 27 heavy (non-hydrogen) atoms. The molecule has 0 aliphatic rings. The highest BCUT2D eigenvalue weighted by atomic mass is 35.5. The number of hydrogen-bond donors (Lipinski definition) is 1. The van der Waals surface area contributed by atoms with Crippen molar-refractivity contribution in [3.05, 3.63) is 59.7 Å². The summed E-state index contributed by atoms with van der Waals surface area (Å²) in [4.78, 5) is 0. The largest absolute Gasteiger partial charge is 0.490 e. The summed E-state index contributed by atoms with van der Waals surface area (Å²) in [7, 11) is 0. The minimum atomic E-state index is -5.75. The van der Waals surface area contributed by atoms with E-state index in [0.29, 0.717) is 0 Å². The van der Waals surface area contributed by atoms with E-state index < -0.39 is 23.7 Å². The second kappa shape index (κ2) is 9.23. The van der Waals surface area contributed by atoms with Gasteiger partial charge in [0.05, 0.1) is 6.61 Å². The second-order valence-electron chi connectivity index (χ2n) is 5.51. The number of benzene rings is 2. The Morgan fingerprint density at radius 3 is 2.11 bits per heavy atom. The third-order valence-electron chi connectivity index (χ3n) is 3.63. The molecular formula is C18H19ClF5NO2. The fourth-order valence-corrected chi connectivity index (χ4v) is 2.23. The van der Waals surface area contributed by atoms with E-state index in [1.165, 1.54) is 6.07 Å². The molecule has 0 amide bonds. The van der Waals surface area contributed by atoms with Crippen molar-refractivity contribution in [2.24, 2.45) is 5.73 Å². The second-order valence-corrected chi connectivity index (χ2v) is 5.51. The summed E-state index contributed by atoms with van der Waals surface area (Å²) >= 11 is 0. The Hall–Kier alpha value is -2.06. The molecule has 2 N–H and O–H groups in total. The van der Waals surface area contributed by atoms with Gasteiger partial charge in [0.15, 0.2) is 11.5 Å². The van der Waals surface area contributed by atoms with Crippen LogP contribution in [0.1, 0.15) is 24.1 Å². The Bertz CT molecular complexity index is 725. The van der Waals surface area contributed by atoms with Gasteiger partial charge in [0.1, 0.15) is 12.6 Å². The monoisotopic (exact) mass is 411 g/mol.